The van der Waals surface area contributed by atoms with Crippen molar-refractivity contribution < 1.29 is 28.5 Å². The lowest BCUT2D eigenvalue weighted by atomic mass is 9.81. The monoisotopic (exact) mass is 630 g/mol. The van der Waals surface area contributed by atoms with E-state index in [1.807, 2.05) is 61.5 Å². The minimum atomic E-state index is -0.345. The first-order chi connectivity index (χ1) is 22.5. The zero-order valence-corrected chi connectivity index (χ0v) is 27.2. The molecule has 0 aliphatic carbocycles. The Morgan fingerprint density at radius 2 is 0.870 bits per heavy atom. The molecular formula is C39H34O6S. The van der Waals surface area contributed by atoms with Crippen LogP contribution in [0.4, 0.5) is 0 Å². The second-order valence-corrected chi connectivity index (χ2v) is 11.5. The van der Waals surface area contributed by atoms with Crippen LogP contribution in [0.1, 0.15) is 16.6 Å². The van der Waals surface area contributed by atoms with E-state index in [-0.39, 0.29) is 12.6 Å². The SMILES string of the molecule is CCOC(=O)c1cc2c(-c3ccc(OC)cc3)c(-c3ccc(OC)cc3)c(-c3ccc(OC)cc3)c(-c3ccc(OC)cc3)c2s1. The summed E-state index contributed by atoms with van der Waals surface area (Å²) in [5, 5.41) is 0.951. The molecule has 0 saturated carbocycles. The smallest absolute Gasteiger partial charge is 0.348 e. The Hall–Kier alpha value is -5.27. The number of hydrogen-bond acceptors (Lipinski definition) is 7. The third kappa shape index (κ3) is 5.77. The average molecular weight is 631 g/mol. The second-order valence-electron chi connectivity index (χ2n) is 10.5. The number of ether oxygens (including phenoxy) is 5. The van der Waals surface area contributed by atoms with Crippen molar-refractivity contribution in [1.29, 1.82) is 0 Å². The molecule has 0 bridgehead atoms. The maximum Gasteiger partial charge on any atom is 0.348 e. The van der Waals surface area contributed by atoms with Crippen molar-refractivity contribution in [3.8, 4) is 67.5 Å². The fourth-order valence-electron chi connectivity index (χ4n) is 5.75. The van der Waals surface area contributed by atoms with E-state index in [1.165, 1.54) is 11.3 Å². The van der Waals surface area contributed by atoms with E-state index in [1.54, 1.807) is 28.4 Å². The summed E-state index contributed by atoms with van der Waals surface area (Å²) in [5.41, 5.74) is 8.02. The van der Waals surface area contributed by atoms with Crippen molar-refractivity contribution in [2.45, 2.75) is 6.92 Å². The van der Waals surface area contributed by atoms with Gasteiger partial charge in [-0.1, -0.05) is 48.5 Å². The van der Waals surface area contributed by atoms with Gasteiger partial charge in [0.1, 0.15) is 27.9 Å². The van der Waals surface area contributed by atoms with E-state index in [0.29, 0.717) is 4.88 Å². The van der Waals surface area contributed by atoms with E-state index in [0.717, 1.165) is 77.6 Å². The van der Waals surface area contributed by atoms with Crippen LogP contribution in [-0.2, 0) is 4.74 Å². The Kier molecular flexibility index (Phi) is 8.94. The molecule has 6 nitrogen and oxygen atoms in total. The van der Waals surface area contributed by atoms with Crippen molar-refractivity contribution in [3.05, 3.63) is 108 Å². The van der Waals surface area contributed by atoms with Crippen molar-refractivity contribution in [2.24, 2.45) is 0 Å². The highest BCUT2D eigenvalue weighted by molar-refractivity contribution is 7.21. The fraction of sp³-hybridized carbons (Fsp3) is 0.154. The number of methoxy groups -OCH3 is 4. The summed E-state index contributed by atoms with van der Waals surface area (Å²) in [6.45, 7) is 2.11. The van der Waals surface area contributed by atoms with Crippen molar-refractivity contribution in [3.63, 3.8) is 0 Å². The number of carbonyl (C=O) groups is 1. The molecule has 0 fully saturated rings. The molecular weight excluding hydrogens is 596 g/mol. The summed E-state index contributed by atoms with van der Waals surface area (Å²) in [6, 6.07) is 34.3. The Morgan fingerprint density at radius 3 is 1.24 bits per heavy atom. The Bertz CT molecular complexity index is 1840. The van der Waals surface area contributed by atoms with Crippen LogP contribution in [-0.4, -0.2) is 41.0 Å². The molecule has 6 rings (SSSR count). The molecule has 0 radical (unpaired) electrons. The van der Waals surface area contributed by atoms with E-state index in [4.69, 9.17) is 23.7 Å². The number of fused-ring (bicyclic) bond motifs is 1. The molecule has 0 unspecified atom stereocenters. The van der Waals surface area contributed by atoms with Crippen LogP contribution in [0.3, 0.4) is 0 Å². The minimum absolute atomic E-state index is 0.290. The first kappa shape index (κ1) is 30.7. The van der Waals surface area contributed by atoms with Crippen LogP contribution < -0.4 is 18.9 Å². The lowest BCUT2D eigenvalue weighted by molar-refractivity contribution is 0.0532. The Balaban J connectivity index is 1.83. The van der Waals surface area contributed by atoms with Gasteiger partial charge >= 0.3 is 5.97 Å². The lowest BCUT2D eigenvalue weighted by Crippen LogP contribution is -2.01. The highest BCUT2D eigenvalue weighted by Gasteiger charge is 2.27. The number of hydrogen-bond donors (Lipinski definition) is 0. The summed E-state index contributed by atoms with van der Waals surface area (Å²) >= 11 is 1.44. The van der Waals surface area contributed by atoms with E-state index < -0.39 is 0 Å². The second kappa shape index (κ2) is 13.4. The van der Waals surface area contributed by atoms with Crippen LogP contribution in [0.5, 0.6) is 23.0 Å². The molecule has 0 aliphatic rings. The average Bonchev–Trinajstić information content (AvgIpc) is 3.56. The Labute approximate surface area is 272 Å². The molecule has 0 aliphatic heterocycles. The normalized spacial score (nSPS) is 10.9. The molecule has 46 heavy (non-hydrogen) atoms. The van der Waals surface area contributed by atoms with Gasteiger partial charge in [0.15, 0.2) is 0 Å². The van der Waals surface area contributed by atoms with E-state index >= 15 is 0 Å². The van der Waals surface area contributed by atoms with Gasteiger partial charge in [-0.15, -0.1) is 11.3 Å². The highest BCUT2D eigenvalue weighted by Crippen LogP contribution is 2.53. The Morgan fingerprint density at radius 1 is 0.522 bits per heavy atom. The largest absolute Gasteiger partial charge is 0.497 e. The zero-order chi connectivity index (χ0) is 32.2. The van der Waals surface area contributed by atoms with Crippen molar-refractivity contribution in [1.82, 2.24) is 0 Å². The minimum Gasteiger partial charge on any atom is -0.497 e. The van der Waals surface area contributed by atoms with Crippen molar-refractivity contribution in [2.75, 3.05) is 35.0 Å². The van der Waals surface area contributed by atoms with Gasteiger partial charge in [0.05, 0.1) is 35.0 Å². The van der Waals surface area contributed by atoms with Crippen LogP contribution in [0.25, 0.3) is 54.6 Å². The summed E-state index contributed by atoms with van der Waals surface area (Å²) in [4.78, 5) is 13.8. The molecule has 0 N–H and O–H groups in total. The van der Waals surface area contributed by atoms with Gasteiger partial charge in [-0.05, 0) is 100 Å². The van der Waals surface area contributed by atoms with E-state index in [9.17, 15) is 4.79 Å². The quantitative estimate of drug-likeness (QED) is 0.140. The van der Waals surface area contributed by atoms with Gasteiger partial charge in [-0.25, -0.2) is 4.79 Å². The number of rotatable bonds is 10. The molecule has 1 heterocycles. The summed E-state index contributed by atoms with van der Waals surface area (Å²) in [6.07, 6.45) is 0. The van der Waals surface area contributed by atoms with E-state index in [2.05, 4.69) is 48.5 Å². The number of carbonyl (C=O) groups excluding carboxylic acids is 1. The molecule has 6 aromatic rings. The summed E-state index contributed by atoms with van der Waals surface area (Å²) in [7, 11) is 6.64. The molecule has 7 heteroatoms. The number of thiophene rings is 1. The molecule has 0 amide bonds. The van der Waals surface area contributed by atoms with Crippen LogP contribution in [0, 0.1) is 0 Å². The van der Waals surface area contributed by atoms with Gasteiger partial charge in [-0.2, -0.15) is 0 Å². The van der Waals surface area contributed by atoms with Gasteiger partial charge in [0, 0.05) is 15.6 Å². The third-order valence-corrected chi connectivity index (χ3v) is 9.10. The fourth-order valence-corrected chi connectivity index (χ4v) is 6.88. The van der Waals surface area contributed by atoms with Gasteiger partial charge in [-0.3, -0.25) is 0 Å². The van der Waals surface area contributed by atoms with Gasteiger partial charge < -0.3 is 23.7 Å². The number of esters is 1. The topological polar surface area (TPSA) is 63.2 Å². The summed E-state index contributed by atoms with van der Waals surface area (Å²) < 4.78 is 28.6. The number of benzene rings is 5. The maximum atomic E-state index is 13.3. The predicted octanol–water partition coefficient (Wildman–Crippen LogP) is 9.78. The maximum absolute atomic E-state index is 13.3. The van der Waals surface area contributed by atoms with Crippen molar-refractivity contribution >= 4 is 27.4 Å². The van der Waals surface area contributed by atoms with Gasteiger partial charge in [0.2, 0.25) is 0 Å². The molecule has 0 saturated heterocycles. The molecule has 1 aromatic heterocycles. The lowest BCUT2D eigenvalue weighted by Gasteiger charge is -2.23. The molecule has 0 spiro atoms. The predicted molar refractivity (Wildman–Crippen MR) is 186 cm³/mol. The molecule has 0 atom stereocenters. The first-order valence-corrected chi connectivity index (χ1v) is 15.7. The first-order valence-electron chi connectivity index (χ1n) is 14.9. The van der Waals surface area contributed by atoms with Crippen LogP contribution >= 0.6 is 11.3 Å². The molecule has 232 valence electrons. The highest BCUT2D eigenvalue weighted by atomic mass is 32.1. The summed E-state index contributed by atoms with van der Waals surface area (Å²) in [5.74, 6) is 2.70. The standard InChI is InChI=1S/C39H34O6S/c1-6-45-39(40)33-23-32-34(24-7-15-28(41-2)16-8-24)35(25-9-17-29(42-3)18-10-25)36(26-11-19-30(43-4)20-12-26)37(38(32)46-33)27-13-21-31(44-5)22-14-27/h7-23H,6H2,1-5H3. The molecule has 5 aromatic carbocycles. The third-order valence-electron chi connectivity index (χ3n) is 7.97. The van der Waals surface area contributed by atoms with Crippen LogP contribution in [0.15, 0.2) is 103 Å². The zero-order valence-electron chi connectivity index (χ0n) is 26.4. The van der Waals surface area contributed by atoms with Crippen LogP contribution in [0.2, 0.25) is 0 Å². The van der Waals surface area contributed by atoms with Gasteiger partial charge in [0.25, 0.3) is 0 Å².